The number of alkyl halides is 3. The summed E-state index contributed by atoms with van der Waals surface area (Å²) in [6, 6.07) is 3.44. The van der Waals surface area contributed by atoms with Crippen LogP contribution in [0.25, 0.3) is 0 Å². The summed E-state index contributed by atoms with van der Waals surface area (Å²) in [7, 11) is 0. The molecule has 4 nitrogen and oxygen atoms in total. The number of aromatic nitrogens is 1. The van der Waals surface area contributed by atoms with E-state index in [0.717, 1.165) is 16.2 Å². The van der Waals surface area contributed by atoms with Gasteiger partial charge in [0.25, 0.3) is 0 Å². The summed E-state index contributed by atoms with van der Waals surface area (Å²) in [5.74, 6) is -0.522. The Kier molecular flexibility index (Phi) is 3.72. The van der Waals surface area contributed by atoms with Crippen molar-refractivity contribution in [3.63, 3.8) is 0 Å². The van der Waals surface area contributed by atoms with Crippen LogP contribution in [0.15, 0.2) is 28.2 Å². The van der Waals surface area contributed by atoms with Crippen LogP contribution >= 0.6 is 11.3 Å². The van der Waals surface area contributed by atoms with E-state index in [1.165, 1.54) is 6.26 Å². The molecule has 0 unspecified atom stereocenters. The third-order valence-electron chi connectivity index (χ3n) is 3.46. The first kappa shape index (κ1) is 15.1. The highest BCUT2D eigenvalue weighted by molar-refractivity contribution is 7.14. The number of nitrogens with zero attached hydrogens (tertiary/aromatic N) is 2. The second-order valence-corrected chi connectivity index (χ2v) is 6.11. The first-order valence-electron chi connectivity index (χ1n) is 6.69. The SMILES string of the molecule is Cc1csc(N(CC(F)(F)F)C(=O)[C@@H]2C[C@H]2c2ccco2)n1. The third-order valence-corrected chi connectivity index (χ3v) is 4.44. The lowest BCUT2D eigenvalue weighted by atomic mass is 10.2. The van der Waals surface area contributed by atoms with E-state index in [9.17, 15) is 18.0 Å². The Balaban J connectivity index is 1.79. The average molecular weight is 330 g/mol. The van der Waals surface area contributed by atoms with Gasteiger partial charge in [0.15, 0.2) is 5.13 Å². The number of anilines is 1. The monoisotopic (exact) mass is 330 g/mol. The molecule has 0 aliphatic heterocycles. The van der Waals surface area contributed by atoms with Crippen LogP contribution < -0.4 is 4.90 Å². The molecular weight excluding hydrogens is 317 g/mol. The average Bonchev–Trinajstić information content (AvgIpc) is 2.85. The molecule has 0 saturated heterocycles. The Morgan fingerprint density at radius 1 is 1.55 bits per heavy atom. The van der Waals surface area contributed by atoms with E-state index in [0.29, 0.717) is 17.9 Å². The summed E-state index contributed by atoms with van der Waals surface area (Å²) in [6.07, 6.45) is -2.47. The van der Waals surface area contributed by atoms with Crippen LogP contribution in [0.4, 0.5) is 18.3 Å². The molecule has 2 heterocycles. The minimum Gasteiger partial charge on any atom is -0.469 e. The number of carbonyl (C=O) groups is 1. The molecule has 1 amide bonds. The van der Waals surface area contributed by atoms with E-state index in [4.69, 9.17) is 4.42 Å². The van der Waals surface area contributed by atoms with Gasteiger partial charge in [0.2, 0.25) is 5.91 Å². The zero-order valence-corrected chi connectivity index (χ0v) is 12.4. The Bertz CT molecular complexity index is 666. The molecule has 0 radical (unpaired) electrons. The van der Waals surface area contributed by atoms with E-state index in [2.05, 4.69) is 4.98 Å². The van der Waals surface area contributed by atoms with Gasteiger partial charge in [0.05, 0.1) is 12.0 Å². The number of thiazole rings is 1. The number of hydrogen-bond acceptors (Lipinski definition) is 4. The van der Waals surface area contributed by atoms with Gasteiger partial charge in [-0.05, 0) is 25.5 Å². The van der Waals surface area contributed by atoms with Gasteiger partial charge in [-0.1, -0.05) is 0 Å². The van der Waals surface area contributed by atoms with Crippen LogP contribution in [-0.2, 0) is 4.79 Å². The molecule has 0 bridgehead atoms. The van der Waals surface area contributed by atoms with Crippen LogP contribution in [0.5, 0.6) is 0 Å². The molecule has 22 heavy (non-hydrogen) atoms. The predicted molar refractivity (Wildman–Crippen MR) is 74.8 cm³/mol. The summed E-state index contributed by atoms with van der Waals surface area (Å²) in [6.45, 7) is 0.360. The first-order valence-corrected chi connectivity index (χ1v) is 7.57. The molecule has 3 rings (SSSR count). The second kappa shape index (κ2) is 5.42. The van der Waals surface area contributed by atoms with E-state index in [-0.39, 0.29) is 11.0 Å². The summed E-state index contributed by atoms with van der Waals surface area (Å²) >= 11 is 1.04. The Morgan fingerprint density at radius 3 is 2.86 bits per heavy atom. The summed E-state index contributed by atoms with van der Waals surface area (Å²) in [5.41, 5.74) is 0.596. The summed E-state index contributed by atoms with van der Waals surface area (Å²) < 4.78 is 43.6. The largest absolute Gasteiger partial charge is 0.469 e. The molecule has 2 aromatic rings. The van der Waals surface area contributed by atoms with E-state index in [1.54, 1.807) is 24.4 Å². The Labute approximate surface area is 128 Å². The highest BCUT2D eigenvalue weighted by Crippen LogP contribution is 2.49. The van der Waals surface area contributed by atoms with Gasteiger partial charge < -0.3 is 4.42 Å². The van der Waals surface area contributed by atoms with Crippen LogP contribution in [-0.4, -0.2) is 23.6 Å². The maximum atomic E-state index is 12.8. The van der Waals surface area contributed by atoms with Gasteiger partial charge in [-0.3, -0.25) is 9.69 Å². The van der Waals surface area contributed by atoms with Crippen LogP contribution in [0.3, 0.4) is 0 Å². The quantitative estimate of drug-likeness (QED) is 0.858. The lowest BCUT2D eigenvalue weighted by Crippen LogP contribution is -2.40. The lowest BCUT2D eigenvalue weighted by Gasteiger charge is -2.21. The molecule has 1 saturated carbocycles. The lowest BCUT2D eigenvalue weighted by molar-refractivity contribution is -0.133. The van der Waals surface area contributed by atoms with Gasteiger partial charge in [-0.25, -0.2) is 4.98 Å². The van der Waals surface area contributed by atoms with Gasteiger partial charge in [-0.15, -0.1) is 11.3 Å². The molecule has 1 aliphatic carbocycles. The van der Waals surface area contributed by atoms with Crippen molar-refractivity contribution in [1.29, 1.82) is 0 Å². The Morgan fingerprint density at radius 2 is 2.32 bits per heavy atom. The van der Waals surface area contributed by atoms with Gasteiger partial charge in [0, 0.05) is 17.2 Å². The Hall–Kier alpha value is -1.83. The maximum absolute atomic E-state index is 12.8. The topological polar surface area (TPSA) is 46.3 Å². The van der Waals surface area contributed by atoms with Crippen LogP contribution in [0.1, 0.15) is 23.8 Å². The van der Waals surface area contributed by atoms with Crippen molar-refractivity contribution in [2.45, 2.75) is 25.4 Å². The molecule has 2 aromatic heterocycles. The maximum Gasteiger partial charge on any atom is 0.406 e. The fourth-order valence-corrected chi connectivity index (χ4v) is 3.18. The molecule has 2 atom stereocenters. The van der Waals surface area contributed by atoms with Crippen molar-refractivity contribution in [3.05, 3.63) is 35.2 Å². The van der Waals surface area contributed by atoms with Crippen molar-refractivity contribution in [3.8, 4) is 0 Å². The second-order valence-electron chi connectivity index (χ2n) is 5.28. The third kappa shape index (κ3) is 3.16. The zero-order valence-electron chi connectivity index (χ0n) is 11.6. The van der Waals surface area contributed by atoms with Gasteiger partial charge in [0.1, 0.15) is 12.3 Å². The molecule has 8 heteroatoms. The zero-order chi connectivity index (χ0) is 15.9. The van der Waals surface area contributed by atoms with Crippen LogP contribution in [0, 0.1) is 12.8 Å². The van der Waals surface area contributed by atoms with Crippen molar-refractivity contribution in [1.82, 2.24) is 4.98 Å². The summed E-state index contributed by atoms with van der Waals surface area (Å²) in [5, 5.41) is 1.72. The number of carbonyl (C=O) groups excluding carboxylic acids is 1. The number of hydrogen-bond donors (Lipinski definition) is 0. The highest BCUT2D eigenvalue weighted by Gasteiger charge is 2.49. The first-order chi connectivity index (χ1) is 10.3. The molecule has 1 aliphatic rings. The molecule has 118 valence electrons. The number of halogens is 3. The van der Waals surface area contributed by atoms with Gasteiger partial charge >= 0.3 is 6.18 Å². The van der Waals surface area contributed by atoms with E-state index >= 15 is 0 Å². The van der Waals surface area contributed by atoms with E-state index in [1.807, 2.05) is 0 Å². The number of rotatable bonds is 4. The van der Waals surface area contributed by atoms with Crippen molar-refractivity contribution in [2.75, 3.05) is 11.4 Å². The number of furan rings is 1. The normalized spacial score (nSPS) is 20.9. The number of aryl methyl sites for hydroxylation is 1. The molecule has 1 fully saturated rings. The summed E-state index contributed by atoms with van der Waals surface area (Å²) in [4.78, 5) is 17.2. The molecule has 0 N–H and O–H groups in total. The predicted octanol–water partition coefficient (Wildman–Crippen LogP) is 3.74. The standard InChI is InChI=1S/C14H13F3N2O2S/c1-8-6-22-13(18-8)19(7-14(15,16)17)12(20)10-5-9(10)11-3-2-4-21-11/h2-4,6,9-10H,5,7H2,1H3/t9-,10-/m1/s1. The van der Waals surface area contributed by atoms with Gasteiger partial charge in [-0.2, -0.15) is 13.2 Å². The minimum absolute atomic E-state index is 0.0879. The highest BCUT2D eigenvalue weighted by atomic mass is 32.1. The van der Waals surface area contributed by atoms with Crippen molar-refractivity contribution in [2.24, 2.45) is 5.92 Å². The van der Waals surface area contributed by atoms with Crippen LogP contribution in [0.2, 0.25) is 0 Å². The fourth-order valence-electron chi connectivity index (χ4n) is 2.37. The smallest absolute Gasteiger partial charge is 0.406 e. The molecule has 0 aromatic carbocycles. The van der Waals surface area contributed by atoms with Crippen molar-refractivity contribution >= 4 is 22.4 Å². The molecule has 0 spiro atoms. The number of amides is 1. The van der Waals surface area contributed by atoms with Crippen molar-refractivity contribution < 1.29 is 22.4 Å². The molecular formula is C14H13F3N2O2S. The van der Waals surface area contributed by atoms with E-state index < -0.39 is 24.5 Å². The minimum atomic E-state index is -4.47. The fraction of sp³-hybridized carbons (Fsp3) is 0.429.